The molecule has 0 aliphatic carbocycles. The molecular formula is C24H20N2O4S. The van der Waals surface area contributed by atoms with Crippen LogP contribution in [0.2, 0.25) is 0 Å². The number of carbonyl (C=O) groups is 3. The SMILES string of the molecule is COc1cccc(C(=O)Nc2cccc(SCCN3C(=O)c4ccccc4C3=O)c2)c1. The highest BCUT2D eigenvalue weighted by Crippen LogP contribution is 2.26. The summed E-state index contributed by atoms with van der Waals surface area (Å²) in [4.78, 5) is 39.6. The van der Waals surface area contributed by atoms with E-state index in [1.807, 2.05) is 24.3 Å². The molecule has 0 saturated carbocycles. The van der Waals surface area contributed by atoms with Crippen LogP contribution in [0.1, 0.15) is 31.1 Å². The van der Waals surface area contributed by atoms with Gasteiger partial charge in [-0.05, 0) is 48.5 Å². The summed E-state index contributed by atoms with van der Waals surface area (Å²) >= 11 is 1.52. The van der Waals surface area contributed by atoms with Crippen LogP contribution in [-0.2, 0) is 0 Å². The third-order valence-corrected chi connectivity index (χ3v) is 5.86. The molecule has 0 spiro atoms. The van der Waals surface area contributed by atoms with E-state index in [0.717, 1.165) is 4.90 Å². The highest BCUT2D eigenvalue weighted by atomic mass is 32.2. The minimum Gasteiger partial charge on any atom is -0.497 e. The number of hydrogen-bond donors (Lipinski definition) is 1. The van der Waals surface area contributed by atoms with Crippen molar-refractivity contribution in [2.45, 2.75) is 4.90 Å². The van der Waals surface area contributed by atoms with Crippen molar-refractivity contribution < 1.29 is 19.1 Å². The predicted molar refractivity (Wildman–Crippen MR) is 120 cm³/mol. The van der Waals surface area contributed by atoms with E-state index in [2.05, 4.69) is 5.32 Å². The lowest BCUT2D eigenvalue weighted by Gasteiger charge is -2.13. The Morgan fingerprint density at radius 1 is 0.935 bits per heavy atom. The van der Waals surface area contributed by atoms with Crippen LogP contribution in [0, 0.1) is 0 Å². The monoisotopic (exact) mass is 432 g/mol. The number of hydrogen-bond acceptors (Lipinski definition) is 5. The van der Waals surface area contributed by atoms with Gasteiger partial charge in [0.1, 0.15) is 5.75 Å². The molecule has 0 radical (unpaired) electrons. The molecule has 7 heteroatoms. The van der Waals surface area contributed by atoms with E-state index < -0.39 is 0 Å². The van der Waals surface area contributed by atoms with Crippen molar-refractivity contribution in [3.63, 3.8) is 0 Å². The van der Waals surface area contributed by atoms with E-state index in [1.165, 1.54) is 16.7 Å². The molecule has 156 valence electrons. The number of thioether (sulfide) groups is 1. The van der Waals surface area contributed by atoms with Crippen LogP contribution in [0.5, 0.6) is 5.75 Å². The number of imide groups is 1. The van der Waals surface area contributed by atoms with Gasteiger partial charge in [0.05, 0.1) is 18.2 Å². The van der Waals surface area contributed by atoms with Crippen molar-refractivity contribution >= 4 is 35.2 Å². The molecular weight excluding hydrogens is 412 g/mol. The second kappa shape index (κ2) is 9.06. The highest BCUT2D eigenvalue weighted by Gasteiger charge is 2.34. The molecule has 3 aromatic rings. The number of anilines is 1. The van der Waals surface area contributed by atoms with Gasteiger partial charge in [0.15, 0.2) is 0 Å². The lowest BCUT2D eigenvalue weighted by Crippen LogP contribution is -2.31. The van der Waals surface area contributed by atoms with Crippen LogP contribution >= 0.6 is 11.8 Å². The van der Waals surface area contributed by atoms with Gasteiger partial charge >= 0.3 is 0 Å². The summed E-state index contributed by atoms with van der Waals surface area (Å²) in [5, 5.41) is 2.88. The van der Waals surface area contributed by atoms with Crippen molar-refractivity contribution in [3.05, 3.63) is 89.5 Å². The standard InChI is InChI=1S/C24H20N2O4S/c1-30-18-8-4-6-16(14-18)22(27)25-17-7-5-9-19(15-17)31-13-12-26-23(28)20-10-2-3-11-21(20)24(26)29/h2-11,14-15H,12-13H2,1H3,(H,25,27). The third-order valence-electron chi connectivity index (χ3n) is 4.89. The van der Waals surface area contributed by atoms with Gasteiger partial charge in [-0.15, -0.1) is 11.8 Å². The number of nitrogens with zero attached hydrogens (tertiary/aromatic N) is 1. The smallest absolute Gasteiger partial charge is 0.261 e. The van der Waals surface area contributed by atoms with E-state index in [-0.39, 0.29) is 17.7 Å². The number of carbonyl (C=O) groups excluding carboxylic acids is 3. The van der Waals surface area contributed by atoms with E-state index in [9.17, 15) is 14.4 Å². The molecule has 0 bridgehead atoms. The first kappa shape index (κ1) is 20.7. The summed E-state index contributed by atoms with van der Waals surface area (Å²) < 4.78 is 5.16. The van der Waals surface area contributed by atoms with Gasteiger partial charge in [0.25, 0.3) is 17.7 Å². The molecule has 0 fully saturated rings. The number of rotatable bonds is 7. The van der Waals surface area contributed by atoms with Crippen molar-refractivity contribution in [1.29, 1.82) is 0 Å². The topological polar surface area (TPSA) is 75.7 Å². The van der Waals surface area contributed by atoms with Gasteiger partial charge in [0.2, 0.25) is 0 Å². The van der Waals surface area contributed by atoms with Crippen LogP contribution < -0.4 is 10.1 Å². The van der Waals surface area contributed by atoms with Gasteiger partial charge in [0, 0.05) is 28.4 Å². The second-order valence-corrected chi connectivity index (χ2v) is 8.04. The summed E-state index contributed by atoms with van der Waals surface area (Å²) in [6, 6.07) is 21.3. The zero-order valence-corrected chi connectivity index (χ0v) is 17.6. The van der Waals surface area contributed by atoms with E-state index in [4.69, 9.17) is 4.74 Å². The van der Waals surface area contributed by atoms with Crippen molar-refractivity contribution in [3.8, 4) is 5.75 Å². The fourth-order valence-corrected chi connectivity index (χ4v) is 4.22. The maximum absolute atomic E-state index is 12.5. The van der Waals surface area contributed by atoms with E-state index in [0.29, 0.717) is 40.4 Å². The number of fused-ring (bicyclic) bond motifs is 1. The van der Waals surface area contributed by atoms with Crippen LogP contribution in [0.4, 0.5) is 5.69 Å². The molecule has 3 aromatic carbocycles. The summed E-state index contributed by atoms with van der Waals surface area (Å²) in [5.74, 6) is 0.442. The number of benzene rings is 3. The Balaban J connectivity index is 1.36. The Labute approximate surface area is 184 Å². The van der Waals surface area contributed by atoms with Gasteiger partial charge < -0.3 is 10.1 Å². The van der Waals surface area contributed by atoms with Gasteiger partial charge in [-0.25, -0.2) is 0 Å². The van der Waals surface area contributed by atoms with Crippen molar-refractivity contribution in [2.24, 2.45) is 0 Å². The van der Waals surface area contributed by atoms with Crippen LogP contribution in [0.15, 0.2) is 77.7 Å². The van der Waals surface area contributed by atoms with Crippen LogP contribution in [0.3, 0.4) is 0 Å². The summed E-state index contributed by atoms with van der Waals surface area (Å²) in [6.45, 7) is 0.317. The zero-order valence-electron chi connectivity index (χ0n) is 16.8. The maximum atomic E-state index is 12.5. The molecule has 0 aromatic heterocycles. The van der Waals surface area contributed by atoms with Crippen LogP contribution in [0.25, 0.3) is 0 Å². The molecule has 6 nitrogen and oxygen atoms in total. The van der Waals surface area contributed by atoms with Gasteiger partial charge in [-0.1, -0.05) is 24.3 Å². The molecule has 1 heterocycles. The lowest BCUT2D eigenvalue weighted by molar-refractivity contribution is 0.0664. The van der Waals surface area contributed by atoms with Crippen LogP contribution in [-0.4, -0.2) is 42.0 Å². The first-order valence-electron chi connectivity index (χ1n) is 9.70. The second-order valence-electron chi connectivity index (χ2n) is 6.87. The van der Waals surface area contributed by atoms with Gasteiger partial charge in [-0.3, -0.25) is 19.3 Å². The molecule has 1 N–H and O–H groups in total. The Bertz CT molecular complexity index is 1130. The van der Waals surface area contributed by atoms with E-state index >= 15 is 0 Å². The summed E-state index contributed by atoms with van der Waals surface area (Å²) in [6.07, 6.45) is 0. The molecule has 1 aliphatic rings. The molecule has 1 aliphatic heterocycles. The average Bonchev–Trinajstić information content (AvgIpc) is 3.04. The number of methoxy groups -OCH3 is 1. The predicted octanol–water partition coefficient (Wildman–Crippen LogP) is 4.34. The van der Waals surface area contributed by atoms with Crippen molar-refractivity contribution in [2.75, 3.05) is 24.7 Å². The minimum atomic E-state index is -0.250. The fraction of sp³-hybridized carbons (Fsp3) is 0.125. The normalized spacial score (nSPS) is 12.6. The Morgan fingerprint density at radius 3 is 2.35 bits per heavy atom. The Hall–Kier alpha value is -3.58. The molecule has 3 amide bonds. The van der Waals surface area contributed by atoms with Crippen molar-refractivity contribution in [1.82, 2.24) is 4.90 Å². The molecule has 0 saturated heterocycles. The number of ether oxygens (including phenoxy) is 1. The molecule has 0 atom stereocenters. The van der Waals surface area contributed by atoms with E-state index in [1.54, 1.807) is 55.6 Å². The minimum absolute atomic E-state index is 0.230. The summed E-state index contributed by atoms with van der Waals surface area (Å²) in [5.41, 5.74) is 2.08. The summed E-state index contributed by atoms with van der Waals surface area (Å²) in [7, 11) is 1.56. The molecule has 4 rings (SSSR count). The highest BCUT2D eigenvalue weighted by molar-refractivity contribution is 7.99. The lowest BCUT2D eigenvalue weighted by atomic mass is 10.1. The maximum Gasteiger partial charge on any atom is 0.261 e. The number of amides is 3. The van der Waals surface area contributed by atoms with Gasteiger partial charge in [-0.2, -0.15) is 0 Å². The Kier molecular flexibility index (Phi) is 6.04. The molecule has 0 unspecified atom stereocenters. The third kappa shape index (κ3) is 4.46. The first-order valence-corrected chi connectivity index (χ1v) is 10.7. The fourth-order valence-electron chi connectivity index (χ4n) is 3.33. The molecule has 31 heavy (non-hydrogen) atoms. The zero-order chi connectivity index (χ0) is 21.8. The number of nitrogens with one attached hydrogen (secondary N) is 1. The largest absolute Gasteiger partial charge is 0.497 e. The average molecular weight is 433 g/mol. The quantitative estimate of drug-likeness (QED) is 0.444. The first-order chi connectivity index (χ1) is 15.1. The Morgan fingerprint density at radius 2 is 1.65 bits per heavy atom.